The van der Waals surface area contributed by atoms with Gasteiger partial charge in [-0.1, -0.05) is 24.4 Å². The van der Waals surface area contributed by atoms with Gasteiger partial charge in [0, 0.05) is 36.1 Å². The summed E-state index contributed by atoms with van der Waals surface area (Å²) < 4.78 is 0. The van der Waals surface area contributed by atoms with Crippen LogP contribution in [-0.4, -0.2) is 35.8 Å². The summed E-state index contributed by atoms with van der Waals surface area (Å²) in [6.07, 6.45) is 8.65. The fourth-order valence-electron chi connectivity index (χ4n) is 4.22. The van der Waals surface area contributed by atoms with Crippen LogP contribution in [0.1, 0.15) is 61.7 Å². The van der Waals surface area contributed by atoms with E-state index in [-0.39, 0.29) is 11.8 Å². The van der Waals surface area contributed by atoms with E-state index < -0.39 is 0 Å². The molecule has 1 aliphatic carbocycles. The van der Waals surface area contributed by atoms with Crippen LogP contribution in [0.15, 0.2) is 24.3 Å². The van der Waals surface area contributed by atoms with Gasteiger partial charge in [-0.15, -0.1) is 0 Å². The standard InChI is InChI=1S/C20H27ClN2O2/c21-17-11-9-16(10-12-17)20(25)22-13-3-8-19(24)23-14-4-6-15-5-1-2-7-18(15)23/h9-12,15,18H,1-8,13-14H2,(H,22,25)/t15-,18-/m0/s1. The summed E-state index contributed by atoms with van der Waals surface area (Å²) in [7, 11) is 0. The zero-order chi connectivity index (χ0) is 17.6. The van der Waals surface area contributed by atoms with E-state index in [1.165, 1.54) is 32.1 Å². The van der Waals surface area contributed by atoms with E-state index in [0.29, 0.717) is 36.0 Å². The van der Waals surface area contributed by atoms with Crippen LogP contribution in [0.5, 0.6) is 0 Å². The number of nitrogens with one attached hydrogen (secondary N) is 1. The number of rotatable bonds is 5. The van der Waals surface area contributed by atoms with Crippen LogP contribution in [-0.2, 0) is 4.79 Å². The van der Waals surface area contributed by atoms with Gasteiger partial charge >= 0.3 is 0 Å². The van der Waals surface area contributed by atoms with Gasteiger partial charge in [-0.25, -0.2) is 0 Å². The molecule has 2 atom stereocenters. The summed E-state index contributed by atoms with van der Waals surface area (Å²) in [5.74, 6) is 0.864. The van der Waals surface area contributed by atoms with Crippen LogP contribution in [0.2, 0.25) is 5.02 Å². The van der Waals surface area contributed by atoms with Crippen molar-refractivity contribution in [3.8, 4) is 0 Å². The molecule has 5 heteroatoms. The fourth-order valence-corrected chi connectivity index (χ4v) is 4.35. The lowest BCUT2D eigenvalue weighted by Crippen LogP contribution is -2.49. The highest BCUT2D eigenvalue weighted by atomic mass is 35.5. The number of likely N-dealkylation sites (tertiary alicyclic amines) is 1. The highest BCUT2D eigenvalue weighted by molar-refractivity contribution is 6.30. The van der Waals surface area contributed by atoms with Crippen LogP contribution < -0.4 is 5.32 Å². The van der Waals surface area contributed by atoms with E-state index in [9.17, 15) is 9.59 Å². The second-order valence-corrected chi connectivity index (χ2v) is 7.64. The van der Waals surface area contributed by atoms with Gasteiger partial charge in [0.2, 0.25) is 5.91 Å². The summed E-state index contributed by atoms with van der Waals surface area (Å²) in [4.78, 5) is 26.8. The molecule has 1 N–H and O–H groups in total. The Morgan fingerprint density at radius 2 is 1.80 bits per heavy atom. The average molecular weight is 363 g/mol. The molecule has 0 bridgehead atoms. The summed E-state index contributed by atoms with van der Waals surface area (Å²) in [5.41, 5.74) is 0.594. The van der Waals surface area contributed by atoms with E-state index in [4.69, 9.17) is 11.6 Å². The summed E-state index contributed by atoms with van der Waals surface area (Å²) in [6, 6.07) is 7.30. The Labute approximate surface area is 154 Å². The molecule has 2 fully saturated rings. The maximum Gasteiger partial charge on any atom is 0.251 e. The number of hydrogen-bond donors (Lipinski definition) is 1. The Hall–Kier alpha value is -1.55. The number of benzene rings is 1. The topological polar surface area (TPSA) is 49.4 Å². The van der Waals surface area contributed by atoms with Crippen molar-refractivity contribution in [1.82, 2.24) is 10.2 Å². The summed E-state index contributed by atoms with van der Waals surface area (Å²) in [5, 5.41) is 3.50. The third-order valence-electron chi connectivity index (χ3n) is 5.52. The highest BCUT2D eigenvalue weighted by Crippen LogP contribution is 2.35. The lowest BCUT2D eigenvalue weighted by molar-refractivity contribution is -0.137. The first-order chi connectivity index (χ1) is 12.1. The molecule has 1 saturated carbocycles. The van der Waals surface area contributed by atoms with Gasteiger partial charge in [-0.3, -0.25) is 9.59 Å². The predicted molar refractivity (Wildman–Crippen MR) is 99.7 cm³/mol. The zero-order valence-corrected chi connectivity index (χ0v) is 15.4. The van der Waals surface area contributed by atoms with Crippen molar-refractivity contribution in [2.45, 2.75) is 57.4 Å². The van der Waals surface area contributed by atoms with E-state index in [1.807, 2.05) is 0 Å². The first kappa shape index (κ1) is 18.2. The number of carbonyl (C=O) groups is 2. The number of fused-ring (bicyclic) bond motifs is 1. The molecule has 25 heavy (non-hydrogen) atoms. The molecular weight excluding hydrogens is 336 g/mol. The van der Waals surface area contributed by atoms with Crippen molar-refractivity contribution in [3.63, 3.8) is 0 Å². The van der Waals surface area contributed by atoms with E-state index in [0.717, 1.165) is 18.9 Å². The van der Waals surface area contributed by atoms with E-state index in [2.05, 4.69) is 10.2 Å². The zero-order valence-electron chi connectivity index (χ0n) is 14.7. The average Bonchev–Trinajstić information content (AvgIpc) is 2.65. The van der Waals surface area contributed by atoms with Crippen molar-refractivity contribution in [3.05, 3.63) is 34.9 Å². The fraction of sp³-hybridized carbons (Fsp3) is 0.600. The van der Waals surface area contributed by atoms with Gasteiger partial charge < -0.3 is 10.2 Å². The molecule has 2 amide bonds. The normalized spacial score (nSPS) is 23.0. The monoisotopic (exact) mass is 362 g/mol. The molecule has 0 aromatic heterocycles. The van der Waals surface area contributed by atoms with Gasteiger partial charge in [0.15, 0.2) is 0 Å². The molecule has 1 saturated heterocycles. The third-order valence-corrected chi connectivity index (χ3v) is 5.77. The lowest BCUT2D eigenvalue weighted by atomic mass is 9.78. The van der Waals surface area contributed by atoms with Gasteiger partial charge in [0.25, 0.3) is 5.91 Å². The Kier molecular flexibility index (Phi) is 6.35. The van der Waals surface area contributed by atoms with Crippen molar-refractivity contribution in [1.29, 1.82) is 0 Å². The number of nitrogens with zero attached hydrogens (tertiary/aromatic N) is 1. The largest absolute Gasteiger partial charge is 0.352 e. The number of halogens is 1. The van der Waals surface area contributed by atoms with Crippen molar-refractivity contribution in [2.75, 3.05) is 13.1 Å². The first-order valence-corrected chi connectivity index (χ1v) is 9.86. The molecule has 1 heterocycles. The molecule has 4 nitrogen and oxygen atoms in total. The second-order valence-electron chi connectivity index (χ2n) is 7.21. The molecule has 1 aromatic carbocycles. The SMILES string of the molecule is O=C(NCCCC(=O)N1CCC[C@@H]2CCCC[C@@H]21)c1ccc(Cl)cc1. The van der Waals surface area contributed by atoms with Crippen molar-refractivity contribution >= 4 is 23.4 Å². The van der Waals surface area contributed by atoms with Gasteiger partial charge in [-0.2, -0.15) is 0 Å². The second kappa shape index (κ2) is 8.70. The number of piperidine rings is 1. The van der Waals surface area contributed by atoms with Gasteiger partial charge in [0.1, 0.15) is 0 Å². The number of amides is 2. The molecule has 0 unspecified atom stereocenters. The quantitative estimate of drug-likeness (QED) is 0.804. The Morgan fingerprint density at radius 3 is 2.60 bits per heavy atom. The molecule has 0 radical (unpaired) electrons. The minimum absolute atomic E-state index is 0.116. The molecule has 2 aliphatic rings. The number of carbonyl (C=O) groups excluding carboxylic acids is 2. The highest BCUT2D eigenvalue weighted by Gasteiger charge is 2.35. The molecular formula is C20H27ClN2O2. The third kappa shape index (κ3) is 4.75. The molecule has 1 aromatic rings. The lowest BCUT2D eigenvalue weighted by Gasteiger charge is -2.44. The molecule has 1 aliphatic heterocycles. The summed E-state index contributed by atoms with van der Waals surface area (Å²) in [6.45, 7) is 1.44. The van der Waals surface area contributed by atoms with Gasteiger partial charge in [-0.05, 0) is 62.3 Å². The smallest absolute Gasteiger partial charge is 0.251 e. The van der Waals surface area contributed by atoms with Crippen LogP contribution in [0.3, 0.4) is 0 Å². The Morgan fingerprint density at radius 1 is 1.08 bits per heavy atom. The van der Waals surface area contributed by atoms with Crippen LogP contribution in [0.25, 0.3) is 0 Å². The van der Waals surface area contributed by atoms with E-state index in [1.54, 1.807) is 24.3 Å². The van der Waals surface area contributed by atoms with Crippen LogP contribution in [0.4, 0.5) is 0 Å². The van der Waals surface area contributed by atoms with Crippen molar-refractivity contribution < 1.29 is 9.59 Å². The number of hydrogen-bond acceptors (Lipinski definition) is 2. The summed E-state index contributed by atoms with van der Waals surface area (Å²) >= 11 is 5.83. The minimum Gasteiger partial charge on any atom is -0.352 e. The molecule has 3 rings (SSSR count). The van der Waals surface area contributed by atoms with E-state index >= 15 is 0 Å². The van der Waals surface area contributed by atoms with Crippen molar-refractivity contribution in [2.24, 2.45) is 5.92 Å². The minimum atomic E-state index is -0.116. The maximum absolute atomic E-state index is 12.6. The van der Waals surface area contributed by atoms with Gasteiger partial charge in [0.05, 0.1) is 0 Å². The van der Waals surface area contributed by atoms with Crippen LogP contribution in [0, 0.1) is 5.92 Å². The van der Waals surface area contributed by atoms with Crippen LogP contribution >= 0.6 is 11.6 Å². The predicted octanol–water partition coefficient (Wildman–Crippen LogP) is 4.03. The maximum atomic E-state index is 12.6. The molecule has 136 valence electrons. The molecule has 0 spiro atoms. The first-order valence-electron chi connectivity index (χ1n) is 9.48. The Balaban J connectivity index is 1.41. The Bertz CT molecular complexity index is 600.